The van der Waals surface area contributed by atoms with Crippen molar-refractivity contribution in [2.45, 2.75) is 39.0 Å². The molecule has 2 aromatic heterocycles. The zero-order valence-electron chi connectivity index (χ0n) is 15.2. The Morgan fingerprint density at radius 1 is 1.31 bits per heavy atom. The van der Waals surface area contributed by atoms with Gasteiger partial charge in [-0.2, -0.15) is 0 Å². The summed E-state index contributed by atoms with van der Waals surface area (Å²) in [4.78, 5) is 14.9. The number of rotatable bonds is 4. The summed E-state index contributed by atoms with van der Waals surface area (Å²) in [5.74, 6) is 0.996. The van der Waals surface area contributed by atoms with Crippen LogP contribution in [0.1, 0.15) is 29.8 Å². The molecule has 0 bridgehead atoms. The molecule has 0 unspecified atom stereocenters. The van der Waals surface area contributed by atoms with Gasteiger partial charge in [0.2, 0.25) is 17.7 Å². The zero-order valence-corrected chi connectivity index (χ0v) is 15.2. The topological polar surface area (TPSA) is 73.4 Å². The molecule has 4 rings (SSSR count). The molecule has 7 nitrogen and oxygen atoms in total. The molecule has 0 spiro atoms. The van der Waals surface area contributed by atoms with Gasteiger partial charge in [0.15, 0.2) is 0 Å². The average molecular weight is 354 g/mol. The monoisotopic (exact) mass is 354 g/mol. The van der Waals surface area contributed by atoms with Gasteiger partial charge in [-0.15, -0.1) is 10.2 Å². The first-order chi connectivity index (χ1) is 12.6. The van der Waals surface area contributed by atoms with Crippen LogP contribution in [0.3, 0.4) is 0 Å². The number of hydrogen-bond donors (Lipinski definition) is 0. The lowest BCUT2D eigenvalue weighted by molar-refractivity contribution is -0.133. The number of ether oxygens (including phenoxy) is 1. The number of likely N-dealkylation sites (tertiary alicyclic amines) is 1. The van der Waals surface area contributed by atoms with Gasteiger partial charge in [-0.1, -0.05) is 18.2 Å². The molecule has 1 aromatic carbocycles. The number of para-hydroxylation sites is 1. The predicted octanol–water partition coefficient (Wildman–Crippen LogP) is 2.63. The summed E-state index contributed by atoms with van der Waals surface area (Å²) in [5.41, 5.74) is 2.22. The van der Waals surface area contributed by atoms with Gasteiger partial charge in [-0.3, -0.25) is 4.79 Å². The Morgan fingerprint density at radius 2 is 2.12 bits per heavy atom. The number of fused-ring (bicyclic) bond motifs is 1. The third-order valence-electron chi connectivity index (χ3n) is 5.04. The van der Waals surface area contributed by atoms with Gasteiger partial charge < -0.3 is 18.6 Å². The van der Waals surface area contributed by atoms with Crippen molar-refractivity contribution < 1.29 is 13.9 Å². The van der Waals surface area contributed by atoms with Crippen LogP contribution in [0.4, 0.5) is 0 Å². The maximum absolute atomic E-state index is 13.1. The molecule has 3 aromatic rings. The number of benzene rings is 1. The van der Waals surface area contributed by atoms with Crippen LogP contribution in [0.25, 0.3) is 10.9 Å². The second-order valence-corrected chi connectivity index (χ2v) is 6.77. The van der Waals surface area contributed by atoms with E-state index < -0.39 is 0 Å². The molecule has 7 heteroatoms. The highest BCUT2D eigenvalue weighted by Crippen LogP contribution is 2.33. The van der Waals surface area contributed by atoms with Crippen molar-refractivity contribution in [2.24, 2.45) is 0 Å². The minimum atomic E-state index is -0.239. The summed E-state index contributed by atoms with van der Waals surface area (Å²) in [6, 6.07) is 7.88. The van der Waals surface area contributed by atoms with Crippen LogP contribution in [-0.2, 0) is 16.1 Å². The number of nitrogens with zero attached hydrogens (tertiary/aromatic N) is 4. The van der Waals surface area contributed by atoms with Crippen molar-refractivity contribution >= 4 is 16.8 Å². The van der Waals surface area contributed by atoms with Gasteiger partial charge >= 0.3 is 0 Å². The molecule has 26 heavy (non-hydrogen) atoms. The van der Waals surface area contributed by atoms with Gasteiger partial charge in [-0.05, 0) is 18.6 Å². The lowest BCUT2D eigenvalue weighted by Crippen LogP contribution is -2.34. The maximum atomic E-state index is 13.1. The fraction of sp³-hybridized carbons (Fsp3) is 0.421. The second-order valence-electron chi connectivity index (χ2n) is 6.77. The lowest BCUT2D eigenvalue weighted by Gasteiger charge is -2.22. The van der Waals surface area contributed by atoms with Crippen LogP contribution in [0, 0.1) is 13.8 Å². The van der Waals surface area contributed by atoms with E-state index in [0.29, 0.717) is 24.7 Å². The van der Waals surface area contributed by atoms with Crippen LogP contribution in [0.15, 0.2) is 34.9 Å². The first-order valence-electron chi connectivity index (χ1n) is 8.73. The average Bonchev–Trinajstić information content (AvgIpc) is 3.33. The first kappa shape index (κ1) is 16.8. The molecular formula is C19H22N4O3. The SMILES string of the molecule is CO[C@H]1C[C@H](c2nnc(C)o2)N(C(=O)Cn2cc(C)c3ccccc32)C1. The standard InChI is InChI=1S/C19H22N4O3/c1-12-9-22(16-7-5-4-6-15(12)16)11-18(24)23-10-14(25-3)8-17(23)19-21-20-13(2)26-19/h4-7,9,14,17H,8,10-11H2,1-3H3/t14-,17+/m0/s1. The van der Waals surface area contributed by atoms with Crippen molar-refractivity contribution in [3.63, 3.8) is 0 Å². The third-order valence-corrected chi connectivity index (χ3v) is 5.04. The molecule has 1 aliphatic rings. The number of aromatic nitrogens is 3. The van der Waals surface area contributed by atoms with Gasteiger partial charge in [0.05, 0.1) is 6.10 Å². The minimum Gasteiger partial charge on any atom is -0.423 e. The largest absolute Gasteiger partial charge is 0.423 e. The first-order valence-corrected chi connectivity index (χ1v) is 8.73. The third kappa shape index (κ3) is 2.88. The molecule has 2 atom stereocenters. The number of carbonyl (C=O) groups excluding carboxylic acids is 1. The quantitative estimate of drug-likeness (QED) is 0.720. The van der Waals surface area contributed by atoms with Gasteiger partial charge in [0, 0.05) is 44.1 Å². The van der Waals surface area contributed by atoms with E-state index in [0.717, 1.165) is 11.1 Å². The molecule has 0 radical (unpaired) electrons. The van der Waals surface area contributed by atoms with Crippen molar-refractivity contribution in [1.29, 1.82) is 0 Å². The van der Waals surface area contributed by atoms with Crippen LogP contribution in [-0.4, -0.2) is 45.3 Å². The Balaban J connectivity index is 1.61. The molecular weight excluding hydrogens is 332 g/mol. The normalized spacial score (nSPS) is 20.2. The summed E-state index contributed by atoms with van der Waals surface area (Å²) in [6.45, 7) is 4.61. The van der Waals surface area contributed by atoms with E-state index in [9.17, 15) is 4.79 Å². The summed E-state index contributed by atoms with van der Waals surface area (Å²) >= 11 is 0. The molecule has 3 heterocycles. The van der Waals surface area contributed by atoms with Crippen LogP contribution >= 0.6 is 0 Å². The Kier molecular flexibility index (Phi) is 4.24. The minimum absolute atomic E-state index is 0.0196. The molecule has 136 valence electrons. The number of hydrogen-bond acceptors (Lipinski definition) is 5. The number of carbonyl (C=O) groups is 1. The van der Waals surface area contributed by atoms with Crippen LogP contribution in [0.2, 0.25) is 0 Å². The second kappa shape index (κ2) is 6.57. The highest BCUT2D eigenvalue weighted by atomic mass is 16.5. The van der Waals surface area contributed by atoms with Crippen molar-refractivity contribution in [3.8, 4) is 0 Å². The van der Waals surface area contributed by atoms with Crippen molar-refractivity contribution in [1.82, 2.24) is 19.7 Å². The maximum Gasteiger partial charge on any atom is 0.243 e. The molecule has 1 fully saturated rings. The molecule has 1 amide bonds. The van der Waals surface area contributed by atoms with E-state index in [-0.39, 0.29) is 24.6 Å². The molecule has 1 aliphatic heterocycles. The van der Waals surface area contributed by atoms with Crippen LogP contribution < -0.4 is 0 Å². The smallest absolute Gasteiger partial charge is 0.243 e. The Morgan fingerprint density at radius 3 is 2.85 bits per heavy atom. The van der Waals surface area contributed by atoms with Crippen LogP contribution in [0.5, 0.6) is 0 Å². The highest BCUT2D eigenvalue weighted by molar-refractivity contribution is 5.86. The number of aryl methyl sites for hydroxylation is 2. The van der Waals surface area contributed by atoms with E-state index >= 15 is 0 Å². The van der Waals surface area contributed by atoms with Crippen molar-refractivity contribution in [2.75, 3.05) is 13.7 Å². The fourth-order valence-corrected chi connectivity index (χ4v) is 3.72. The zero-order chi connectivity index (χ0) is 18.3. The van der Waals surface area contributed by atoms with Crippen molar-refractivity contribution in [3.05, 3.63) is 47.8 Å². The molecule has 0 saturated carbocycles. The number of amides is 1. The Labute approximate surface area is 151 Å². The van der Waals surface area contributed by atoms with E-state index in [2.05, 4.69) is 23.2 Å². The Hall–Kier alpha value is -2.67. The lowest BCUT2D eigenvalue weighted by atomic mass is 10.2. The molecule has 0 aliphatic carbocycles. The van der Waals surface area contributed by atoms with Gasteiger partial charge in [-0.25, -0.2) is 0 Å². The molecule has 1 saturated heterocycles. The summed E-state index contributed by atoms with van der Waals surface area (Å²) < 4.78 is 13.1. The van der Waals surface area contributed by atoms with E-state index in [4.69, 9.17) is 9.15 Å². The van der Waals surface area contributed by atoms with E-state index in [1.54, 1.807) is 18.9 Å². The van der Waals surface area contributed by atoms with E-state index in [1.807, 2.05) is 29.0 Å². The van der Waals surface area contributed by atoms with Gasteiger partial charge in [0.25, 0.3) is 0 Å². The van der Waals surface area contributed by atoms with Gasteiger partial charge in [0.1, 0.15) is 12.6 Å². The highest BCUT2D eigenvalue weighted by Gasteiger charge is 2.39. The predicted molar refractivity (Wildman–Crippen MR) is 95.6 cm³/mol. The van der Waals surface area contributed by atoms with E-state index in [1.165, 1.54) is 5.39 Å². The number of methoxy groups -OCH3 is 1. The summed E-state index contributed by atoms with van der Waals surface area (Å²) in [5, 5.41) is 9.19. The fourth-order valence-electron chi connectivity index (χ4n) is 3.72. The molecule has 0 N–H and O–H groups in total. The summed E-state index contributed by atoms with van der Waals surface area (Å²) in [6.07, 6.45) is 2.66. The Bertz CT molecular complexity index is 945. The summed E-state index contributed by atoms with van der Waals surface area (Å²) in [7, 11) is 1.66.